The molecule has 4 fully saturated rings. The molecule has 0 atom stereocenters. The van der Waals surface area contributed by atoms with Crippen molar-refractivity contribution in [3.05, 3.63) is 220 Å². The van der Waals surface area contributed by atoms with E-state index in [-0.39, 0.29) is 11.8 Å². The van der Waals surface area contributed by atoms with Gasteiger partial charge in [-0.2, -0.15) is 40.8 Å². The smallest absolute Gasteiger partial charge is 0.222 e. The number of likely N-dealkylation sites (tertiary alicyclic amines) is 2. The van der Waals surface area contributed by atoms with E-state index in [0.29, 0.717) is 67.0 Å². The fourth-order valence-corrected chi connectivity index (χ4v) is 16.3. The average molecular weight is 1760 g/mol. The van der Waals surface area contributed by atoms with Crippen molar-refractivity contribution in [1.29, 1.82) is 0 Å². The summed E-state index contributed by atoms with van der Waals surface area (Å²) in [7, 11) is 15.3. The van der Waals surface area contributed by atoms with Crippen LogP contribution in [0.15, 0.2) is 220 Å². The standard InChI is InChI=1S/C25H28N8O.C24H26N8O.C24H28N8O.C24H27N7/c1-31-13-9-22(30-31)21-16-27-24(19-7-3-6-18(14-19)20-15-28-32(2)17-20)29-25(21)26-10-5-12-33-11-4-8-23(33)34;1-30-11-8-21(29-30)20-15-26-23(28-24(20)25-9-12-32-10-4-7-22(32)33)18-6-3-5-17(13-18)19-14-27-31(2)16-19;1-30-8-6-22(29-30)21-16-26-23(28-24(21)25-7-9-32-10-12-33-13-11-32)19-5-3-4-18(14-19)20-15-27-31(2)17-20;1-24(9-5-10-24)16-26-23-20(21-8-11-30(2)29-21)14-25-22(28-23)18-7-4-6-17(12-18)19-13-27-31(3)15-19/h3,6-7,9,13-17H,4-5,8,10-12H2,1-2H3,(H,26,27,29);3,5-6,8,11,13-16H,4,7,9-10,12H2,1-2H3,(H,25,26,28);3-6,8,14-17H,7,9-13H2,1-2H3,(H,25,26,28);4,6-8,11-15H,5,9-10,16H2,1-3H3,(H,25,26,28). The first-order chi connectivity index (χ1) is 63.8. The average Bonchev–Trinajstić information content (AvgIpc) is 1.19. The summed E-state index contributed by atoms with van der Waals surface area (Å²) < 4.78 is 19.8. The van der Waals surface area contributed by atoms with Crippen LogP contribution < -0.4 is 21.3 Å². The number of aryl methyl sites for hydroxylation is 8. The zero-order valence-electron chi connectivity index (χ0n) is 75.4. The third-order valence-corrected chi connectivity index (χ3v) is 23.7. The number of morpholine rings is 1. The summed E-state index contributed by atoms with van der Waals surface area (Å²) in [5, 5.41) is 49.3. The number of hydrogen-bond donors (Lipinski definition) is 4. The number of rotatable bonds is 28. The molecule has 670 valence electrons. The summed E-state index contributed by atoms with van der Waals surface area (Å²) in [5.74, 6) is 6.19. The predicted octanol–water partition coefficient (Wildman–Crippen LogP) is 13.6. The van der Waals surface area contributed by atoms with Crippen LogP contribution in [-0.4, -0.2) is 230 Å². The molecule has 0 unspecified atom stereocenters. The minimum Gasteiger partial charge on any atom is -0.379 e. The second-order valence-corrected chi connectivity index (χ2v) is 33.8. The van der Waals surface area contributed by atoms with Gasteiger partial charge in [-0.3, -0.25) is 51.9 Å². The van der Waals surface area contributed by atoms with Crippen molar-refractivity contribution in [2.24, 2.45) is 61.8 Å². The molecule has 1 saturated carbocycles. The summed E-state index contributed by atoms with van der Waals surface area (Å²) in [6, 6.07) is 40.7. The largest absolute Gasteiger partial charge is 0.379 e. The van der Waals surface area contributed by atoms with Gasteiger partial charge in [-0.05, 0) is 108 Å². The Morgan fingerprint density at radius 1 is 0.344 bits per heavy atom. The topological polar surface area (TPSA) is 347 Å². The molecule has 0 spiro atoms. The van der Waals surface area contributed by atoms with E-state index < -0.39 is 0 Å². The second kappa shape index (κ2) is 40.5. The van der Waals surface area contributed by atoms with Gasteiger partial charge in [-0.15, -0.1) is 0 Å². The van der Waals surface area contributed by atoms with Crippen molar-refractivity contribution in [2.75, 3.05) is 106 Å². The molecular weight excluding hydrogens is 1650 g/mol. The zero-order chi connectivity index (χ0) is 90.3. The van der Waals surface area contributed by atoms with E-state index in [1.165, 1.54) is 19.3 Å². The van der Waals surface area contributed by atoms with Crippen molar-refractivity contribution >= 4 is 35.1 Å². The summed E-state index contributed by atoms with van der Waals surface area (Å²) in [6.07, 6.45) is 38.3. The fraction of sp³-hybridized carbons (Fsp3) is 0.320. The number of carbonyl (C=O) groups is 2. The van der Waals surface area contributed by atoms with Crippen molar-refractivity contribution in [1.82, 2.24) is 133 Å². The predicted molar refractivity (Wildman–Crippen MR) is 507 cm³/mol. The molecule has 0 bridgehead atoms. The molecule has 20 rings (SSSR count). The number of carbonyl (C=O) groups excluding carboxylic acids is 2. The van der Waals surface area contributed by atoms with Crippen LogP contribution in [0.5, 0.6) is 0 Å². The summed E-state index contributed by atoms with van der Waals surface area (Å²) >= 11 is 0. The van der Waals surface area contributed by atoms with Crippen LogP contribution in [0.2, 0.25) is 0 Å². The van der Waals surface area contributed by atoms with Crippen LogP contribution >= 0.6 is 0 Å². The molecule has 16 aromatic rings. The van der Waals surface area contributed by atoms with Gasteiger partial charge in [0.25, 0.3) is 0 Å². The lowest BCUT2D eigenvalue weighted by Crippen LogP contribution is -2.39. The highest BCUT2D eigenvalue weighted by molar-refractivity contribution is 5.82. The lowest BCUT2D eigenvalue weighted by Gasteiger charge is -2.38. The minimum absolute atomic E-state index is 0.220. The SMILES string of the molecule is Cn1cc(-c2cccc(-c3ncc(-c4ccn(C)n4)c(NCC4(C)CCC4)n3)c2)cn1.Cn1cc(-c2cccc(-c3ncc(-c4ccn(C)n4)c(NCCCN4CCCC4=O)n3)c2)cn1.Cn1cc(-c2cccc(-c3ncc(-c4ccn(C)n4)c(NCCN4CCCC4=O)n3)c2)cn1.Cn1cc(-c2cccc(-c3ncc(-c4ccn(C)n4)c(NCCN4CCOCC4)n3)c2)cn1. The third-order valence-electron chi connectivity index (χ3n) is 23.7. The number of ether oxygens (including phenoxy) is 1. The normalized spacial score (nSPS) is 14.1. The van der Waals surface area contributed by atoms with Gasteiger partial charge in [0.2, 0.25) is 11.8 Å². The molecule has 1 aliphatic carbocycles. The Morgan fingerprint density at radius 3 is 0.962 bits per heavy atom. The Labute approximate surface area is 760 Å². The maximum atomic E-state index is 12.0. The molecule has 3 saturated heterocycles. The number of aromatic nitrogens is 24. The van der Waals surface area contributed by atoms with E-state index in [2.05, 4.69) is 137 Å². The molecular formula is C97H109N31O3. The van der Waals surface area contributed by atoms with E-state index in [9.17, 15) is 9.59 Å². The van der Waals surface area contributed by atoms with Gasteiger partial charge in [0, 0.05) is 260 Å². The third kappa shape index (κ3) is 22.0. The quantitative estimate of drug-likeness (QED) is 0.0331. The molecule has 4 aromatic carbocycles. The molecule has 3 aliphatic heterocycles. The Hall–Kier alpha value is -15.1. The zero-order valence-corrected chi connectivity index (χ0v) is 75.4. The first-order valence-electron chi connectivity index (χ1n) is 44.5. The van der Waals surface area contributed by atoms with Crippen molar-refractivity contribution in [2.45, 2.75) is 58.3 Å². The van der Waals surface area contributed by atoms with E-state index in [1.54, 1.807) is 32.8 Å². The number of anilines is 4. The van der Waals surface area contributed by atoms with E-state index in [1.807, 2.05) is 243 Å². The highest BCUT2D eigenvalue weighted by atomic mass is 16.5. The molecule has 131 heavy (non-hydrogen) atoms. The minimum atomic E-state index is 0.220. The molecule has 4 N–H and O–H groups in total. The summed E-state index contributed by atoms with van der Waals surface area (Å²) in [6.45, 7) is 12.9. The van der Waals surface area contributed by atoms with Crippen molar-refractivity contribution in [3.63, 3.8) is 0 Å². The molecule has 34 heteroatoms. The van der Waals surface area contributed by atoms with Gasteiger partial charge in [-0.25, -0.2) is 39.9 Å². The maximum Gasteiger partial charge on any atom is 0.222 e. The van der Waals surface area contributed by atoms with Gasteiger partial charge in [0.1, 0.15) is 23.3 Å². The number of nitrogens with one attached hydrogen (secondary N) is 4. The van der Waals surface area contributed by atoms with Crippen LogP contribution in [0.3, 0.4) is 0 Å². The molecule has 4 aliphatic rings. The van der Waals surface area contributed by atoms with Gasteiger partial charge in [-0.1, -0.05) is 86.1 Å². The highest BCUT2D eigenvalue weighted by Gasteiger charge is 2.32. The van der Waals surface area contributed by atoms with Gasteiger partial charge >= 0.3 is 0 Å². The van der Waals surface area contributed by atoms with Crippen LogP contribution in [0.25, 0.3) is 135 Å². The summed E-state index contributed by atoms with van der Waals surface area (Å²) in [5.41, 5.74) is 19.5. The number of nitrogens with zero attached hydrogens (tertiary/aromatic N) is 27. The van der Waals surface area contributed by atoms with Crippen molar-refractivity contribution in [3.8, 4) is 135 Å². The summed E-state index contributed by atoms with van der Waals surface area (Å²) in [4.78, 5) is 68.3. The van der Waals surface area contributed by atoms with Crippen molar-refractivity contribution < 1.29 is 14.3 Å². The Balaban J connectivity index is 0.000000122. The number of amides is 2. The van der Waals surface area contributed by atoms with Crippen LogP contribution in [-0.2, 0) is 70.7 Å². The van der Waals surface area contributed by atoms with Crippen LogP contribution in [0.1, 0.15) is 58.3 Å². The van der Waals surface area contributed by atoms with Gasteiger partial charge < -0.3 is 35.8 Å². The Morgan fingerprint density at radius 2 is 0.664 bits per heavy atom. The number of hydrogen-bond acceptors (Lipinski definition) is 24. The molecule has 15 heterocycles. The monoisotopic (exact) mass is 1760 g/mol. The molecule has 34 nitrogen and oxygen atoms in total. The molecule has 0 radical (unpaired) electrons. The Bertz CT molecular complexity index is 6610. The highest BCUT2D eigenvalue weighted by Crippen LogP contribution is 2.42. The second-order valence-electron chi connectivity index (χ2n) is 33.8. The van der Waals surface area contributed by atoms with Gasteiger partial charge in [0.15, 0.2) is 23.3 Å². The van der Waals surface area contributed by atoms with Crippen LogP contribution in [0, 0.1) is 5.41 Å². The Kier molecular flexibility index (Phi) is 27.2. The lowest BCUT2D eigenvalue weighted by atomic mass is 9.70. The first kappa shape index (κ1) is 88.0. The maximum absolute atomic E-state index is 12.0. The van der Waals surface area contributed by atoms with Crippen LogP contribution in [0.4, 0.5) is 23.3 Å². The molecule has 2 amide bonds. The first-order valence-corrected chi connectivity index (χ1v) is 44.5. The molecule has 12 aromatic heterocycles. The van der Waals surface area contributed by atoms with Gasteiger partial charge in [0.05, 0.1) is 83.0 Å². The van der Waals surface area contributed by atoms with E-state index >= 15 is 0 Å². The lowest BCUT2D eigenvalue weighted by molar-refractivity contribution is -0.128. The fourth-order valence-electron chi connectivity index (χ4n) is 16.3. The van der Waals surface area contributed by atoms with E-state index in [4.69, 9.17) is 29.7 Å². The van der Waals surface area contributed by atoms with E-state index in [0.717, 1.165) is 214 Å². The number of benzene rings is 4.